The number of carboxylic acids is 1. The quantitative estimate of drug-likeness (QED) is 0.617. The zero-order chi connectivity index (χ0) is 14.0. The van der Waals surface area contributed by atoms with Gasteiger partial charge in [0, 0.05) is 6.54 Å². The van der Waals surface area contributed by atoms with Crippen LogP contribution >= 0.6 is 0 Å². The molecule has 1 unspecified atom stereocenters. The molecule has 0 heterocycles. The van der Waals surface area contributed by atoms with Crippen molar-refractivity contribution in [3.05, 3.63) is 0 Å². The highest BCUT2D eigenvalue weighted by atomic mass is 16.4. The van der Waals surface area contributed by atoms with E-state index >= 15 is 0 Å². The van der Waals surface area contributed by atoms with Gasteiger partial charge in [0.05, 0.1) is 5.92 Å². The van der Waals surface area contributed by atoms with Gasteiger partial charge in [-0.15, -0.1) is 0 Å². The summed E-state index contributed by atoms with van der Waals surface area (Å²) in [5, 5.41) is 8.95. The molecule has 1 N–H and O–H groups in total. The highest BCUT2D eigenvalue weighted by molar-refractivity contribution is 5.69. The molecule has 0 aromatic rings. The van der Waals surface area contributed by atoms with E-state index in [0.29, 0.717) is 6.54 Å². The molecule has 4 nitrogen and oxygen atoms in total. The second-order valence-electron chi connectivity index (χ2n) is 4.92. The Balaban J connectivity index is 3.99. The number of hydrogen-bond acceptors (Lipinski definition) is 3. The van der Waals surface area contributed by atoms with Crippen molar-refractivity contribution in [1.29, 1.82) is 0 Å². The molecule has 1 atom stereocenters. The average Bonchev–Trinajstić information content (AvgIpc) is 2.34. The van der Waals surface area contributed by atoms with Crippen molar-refractivity contribution in [2.45, 2.75) is 40.5 Å². The summed E-state index contributed by atoms with van der Waals surface area (Å²) in [6, 6.07) is 0. The van der Waals surface area contributed by atoms with Crippen LogP contribution in [0.1, 0.15) is 40.5 Å². The van der Waals surface area contributed by atoms with Gasteiger partial charge in [0.1, 0.15) is 0 Å². The normalized spacial score (nSPS) is 13.2. The largest absolute Gasteiger partial charge is 0.481 e. The van der Waals surface area contributed by atoms with E-state index in [1.807, 2.05) is 0 Å². The lowest BCUT2D eigenvalue weighted by Crippen LogP contribution is -2.35. The molecule has 0 aliphatic rings. The zero-order valence-corrected chi connectivity index (χ0v) is 12.5. The molecule has 0 aliphatic carbocycles. The van der Waals surface area contributed by atoms with Crippen molar-refractivity contribution in [3.63, 3.8) is 0 Å². The monoisotopic (exact) mass is 258 g/mol. The first-order valence-electron chi connectivity index (χ1n) is 7.22. The Kier molecular flexibility index (Phi) is 9.98. The Morgan fingerprint density at radius 3 is 2.06 bits per heavy atom. The first-order chi connectivity index (χ1) is 8.54. The summed E-state index contributed by atoms with van der Waals surface area (Å²) in [5.41, 5.74) is 0. The lowest BCUT2D eigenvalue weighted by Gasteiger charge is -2.25. The van der Waals surface area contributed by atoms with Crippen molar-refractivity contribution in [3.8, 4) is 0 Å². The van der Waals surface area contributed by atoms with Crippen LogP contribution in [0.3, 0.4) is 0 Å². The highest BCUT2D eigenvalue weighted by Crippen LogP contribution is 2.03. The third-order valence-corrected chi connectivity index (χ3v) is 3.34. The zero-order valence-electron chi connectivity index (χ0n) is 12.5. The first-order valence-corrected chi connectivity index (χ1v) is 7.22. The fourth-order valence-electron chi connectivity index (χ4n) is 2.13. The van der Waals surface area contributed by atoms with Gasteiger partial charge in [0.25, 0.3) is 0 Å². The topological polar surface area (TPSA) is 43.8 Å². The van der Waals surface area contributed by atoms with Gasteiger partial charge in [-0.2, -0.15) is 0 Å². The van der Waals surface area contributed by atoms with Crippen molar-refractivity contribution in [2.24, 2.45) is 5.92 Å². The first kappa shape index (κ1) is 17.4. The van der Waals surface area contributed by atoms with E-state index in [1.54, 1.807) is 6.92 Å². The van der Waals surface area contributed by atoms with Gasteiger partial charge >= 0.3 is 5.97 Å². The summed E-state index contributed by atoms with van der Waals surface area (Å²) in [6.45, 7) is 14.2. The number of carbonyl (C=O) groups is 1. The number of hydrogen-bond donors (Lipinski definition) is 1. The van der Waals surface area contributed by atoms with Gasteiger partial charge in [0.2, 0.25) is 0 Å². The third kappa shape index (κ3) is 7.67. The van der Waals surface area contributed by atoms with Crippen LogP contribution in [0, 0.1) is 5.92 Å². The maximum Gasteiger partial charge on any atom is 0.307 e. The minimum atomic E-state index is -0.695. The lowest BCUT2D eigenvalue weighted by atomic mass is 10.1. The van der Waals surface area contributed by atoms with Gasteiger partial charge in [-0.1, -0.05) is 27.7 Å². The molecule has 0 fully saturated rings. The molecular formula is C14H30N2O2. The minimum absolute atomic E-state index is 0.273. The molecule has 0 amide bonds. The van der Waals surface area contributed by atoms with Crippen LogP contribution in [0.5, 0.6) is 0 Å². The van der Waals surface area contributed by atoms with Crippen LogP contribution in [-0.4, -0.2) is 60.1 Å². The molecule has 0 saturated heterocycles. The van der Waals surface area contributed by atoms with E-state index < -0.39 is 5.97 Å². The average molecular weight is 258 g/mol. The predicted octanol–water partition coefficient (Wildman–Crippen LogP) is 2.15. The molecule has 18 heavy (non-hydrogen) atoms. The SMILES string of the molecule is CCCN(CCCN(CC)CC)CC(C)C(=O)O. The summed E-state index contributed by atoms with van der Waals surface area (Å²) in [7, 11) is 0. The van der Waals surface area contributed by atoms with Gasteiger partial charge in [-0.05, 0) is 45.6 Å². The van der Waals surface area contributed by atoms with E-state index in [-0.39, 0.29) is 5.92 Å². The van der Waals surface area contributed by atoms with E-state index in [2.05, 4.69) is 30.6 Å². The van der Waals surface area contributed by atoms with Crippen LogP contribution in [-0.2, 0) is 4.79 Å². The number of carboxylic acid groups (broad SMARTS) is 1. The fraction of sp³-hybridized carbons (Fsp3) is 0.929. The standard InChI is InChI=1S/C14H30N2O2/c1-5-9-16(12-13(4)14(17)18)11-8-10-15(6-2)7-3/h13H,5-12H2,1-4H3,(H,17,18). The van der Waals surface area contributed by atoms with E-state index in [1.165, 1.54) is 0 Å². The van der Waals surface area contributed by atoms with Crippen molar-refractivity contribution < 1.29 is 9.90 Å². The molecule has 0 radical (unpaired) electrons. The molecule has 0 aliphatic heterocycles. The summed E-state index contributed by atoms with van der Waals surface area (Å²) < 4.78 is 0. The highest BCUT2D eigenvalue weighted by Gasteiger charge is 2.15. The Labute approximate surface area is 112 Å². The molecular weight excluding hydrogens is 228 g/mol. The van der Waals surface area contributed by atoms with E-state index in [9.17, 15) is 4.79 Å². The maximum atomic E-state index is 10.9. The Bertz CT molecular complexity index is 218. The van der Waals surface area contributed by atoms with Crippen LogP contribution in [0.4, 0.5) is 0 Å². The lowest BCUT2D eigenvalue weighted by molar-refractivity contribution is -0.141. The predicted molar refractivity (Wildman–Crippen MR) is 75.9 cm³/mol. The summed E-state index contributed by atoms with van der Waals surface area (Å²) >= 11 is 0. The Morgan fingerprint density at radius 1 is 1.06 bits per heavy atom. The molecule has 0 spiro atoms. The van der Waals surface area contributed by atoms with Crippen molar-refractivity contribution >= 4 is 5.97 Å². The van der Waals surface area contributed by atoms with Crippen LogP contribution < -0.4 is 0 Å². The minimum Gasteiger partial charge on any atom is -0.481 e. The Hall–Kier alpha value is -0.610. The number of nitrogens with zero attached hydrogens (tertiary/aromatic N) is 2. The molecule has 4 heteroatoms. The van der Waals surface area contributed by atoms with Crippen LogP contribution in [0.2, 0.25) is 0 Å². The van der Waals surface area contributed by atoms with Crippen molar-refractivity contribution in [1.82, 2.24) is 9.80 Å². The molecule has 0 aromatic carbocycles. The fourth-order valence-corrected chi connectivity index (χ4v) is 2.13. The summed E-state index contributed by atoms with van der Waals surface area (Å²) in [5.74, 6) is -0.968. The van der Waals surface area contributed by atoms with Crippen LogP contribution in [0.15, 0.2) is 0 Å². The summed E-state index contributed by atoms with van der Waals surface area (Å²) in [4.78, 5) is 15.6. The second kappa shape index (κ2) is 10.3. The van der Waals surface area contributed by atoms with Crippen molar-refractivity contribution in [2.75, 3.05) is 39.3 Å². The molecule has 108 valence electrons. The maximum absolute atomic E-state index is 10.9. The van der Waals surface area contributed by atoms with E-state index in [0.717, 1.165) is 45.6 Å². The molecule has 0 saturated carbocycles. The van der Waals surface area contributed by atoms with Gasteiger partial charge < -0.3 is 14.9 Å². The number of aliphatic carboxylic acids is 1. The second-order valence-corrected chi connectivity index (χ2v) is 4.92. The summed E-state index contributed by atoms with van der Waals surface area (Å²) in [6.07, 6.45) is 2.20. The van der Waals surface area contributed by atoms with Gasteiger partial charge in [0.15, 0.2) is 0 Å². The van der Waals surface area contributed by atoms with E-state index in [4.69, 9.17) is 5.11 Å². The van der Waals surface area contributed by atoms with Gasteiger partial charge in [-0.3, -0.25) is 4.79 Å². The molecule has 0 rings (SSSR count). The Morgan fingerprint density at radius 2 is 1.61 bits per heavy atom. The molecule has 0 aromatic heterocycles. The van der Waals surface area contributed by atoms with Gasteiger partial charge in [-0.25, -0.2) is 0 Å². The smallest absolute Gasteiger partial charge is 0.307 e. The third-order valence-electron chi connectivity index (χ3n) is 3.34. The molecule has 0 bridgehead atoms. The van der Waals surface area contributed by atoms with Crippen LogP contribution in [0.25, 0.3) is 0 Å². The number of rotatable bonds is 11.